The summed E-state index contributed by atoms with van der Waals surface area (Å²) < 4.78 is 5.72. The van der Waals surface area contributed by atoms with Crippen molar-refractivity contribution in [2.45, 2.75) is 0 Å². The van der Waals surface area contributed by atoms with E-state index in [1.54, 1.807) is 12.1 Å². The van der Waals surface area contributed by atoms with Gasteiger partial charge in [0.05, 0.1) is 6.54 Å². The van der Waals surface area contributed by atoms with Crippen LogP contribution in [0.3, 0.4) is 0 Å². The number of rotatable bonds is 6. The second-order valence-electron chi connectivity index (χ2n) is 4.08. The molecule has 0 atom stereocenters. The van der Waals surface area contributed by atoms with Crippen LogP contribution >= 0.6 is 11.6 Å². The van der Waals surface area contributed by atoms with Crippen molar-refractivity contribution in [3.63, 3.8) is 0 Å². The van der Waals surface area contributed by atoms with E-state index in [-0.39, 0.29) is 23.5 Å². The quantitative estimate of drug-likeness (QED) is 0.321. The zero-order valence-corrected chi connectivity index (χ0v) is 12.8. The van der Waals surface area contributed by atoms with Gasteiger partial charge in [0.2, 0.25) is 5.96 Å². The fourth-order valence-electron chi connectivity index (χ4n) is 1.47. The maximum Gasteiger partial charge on any atom is 0.218 e. The van der Waals surface area contributed by atoms with Crippen LogP contribution in [0.4, 0.5) is 0 Å². The van der Waals surface area contributed by atoms with E-state index in [1.807, 2.05) is 18.2 Å². The van der Waals surface area contributed by atoms with Gasteiger partial charge in [-0.3, -0.25) is 0 Å². The molecular formula is C15H18ClN5O. The number of para-hydroxylation sites is 1. The predicted octanol–water partition coefficient (Wildman–Crippen LogP) is 1.85. The number of guanidine groups is 2. The van der Waals surface area contributed by atoms with Gasteiger partial charge in [-0.15, -0.1) is 0 Å². The highest BCUT2D eigenvalue weighted by atomic mass is 35.5. The lowest BCUT2D eigenvalue weighted by atomic mass is 10.2. The minimum Gasteiger partial charge on any atom is -0.457 e. The van der Waals surface area contributed by atoms with Crippen LogP contribution in [0.1, 0.15) is 0 Å². The molecule has 0 heterocycles. The fraction of sp³-hybridized carbons (Fsp3) is 0.0667. The van der Waals surface area contributed by atoms with Gasteiger partial charge in [0.1, 0.15) is 11.5 Å². The van der Waals surface area contributed by atoms with Crippen molar-refractivity contribution < 1.29 is 4.74 Å². The molecule has 7 heteroatoms. The van der Waals surface area contributed by atoms with Gasteiger partial charge in [0, 0.05) is 10.6 Å². The minimum atomic E-state index is -0.180. The van der Waals surface area contributed by atoms with E-state index in [2.05, 4.69) is 23.1 Å². The Labute approximate surface area is 134 Å². The van der Waals surface area contributed by atoms with Crippen LogP contribution in [0, 0.1) is 0 Å². The van der Waals surface area contributed by atoms with Gasteiger partial charge in [0.25, 0.3) is 0 Å². The molecule has 6 N–H and O–H groups in total. The number of hydrogen-bond acceptors (Lipinski definition) is 2. The summed E-state index contributed by atoms with van der Waals surface area (Å²) in [5, 5.41) is 0.257. The first-order valence-corrected chi connectivity index (χ1v) is 6.64. The summed E-state index contributed by atoms with van der Waals surface area (Å²) in [5.74, 6) is 0.806. The summed E-state index contributed by atoms with van der Waals surface area (Å²) in [5.41, 5.74) is 16.5. The highest BCUT2D eigenvalue weighted by Gasteiger charge is 2.09. The van der Waals surface area contributed by atoms with Crippen molar-refractivity contribution in [2.75, 3.05) is 6.54 Å². The molecule has 0 bridgehead atoms. The maximum absolute atomic E-state index is 6.00. The molecule has 0 radical (unpaired) electrons. The molecule has 0 unspecified atom stereocenters. The van der Waals surface area contributed by atoms with Crippen LogP contribution < -0.4 is 21.9 Å². The lowest BCUT2D eigenvalue weighted by Crippen LogP contribution is -2.26. The van der Waals surface area contributed by atoms with Crippen LogP contribution in [0.15, 0.2) is 75.9 Å². The van der Waals surface area contributed by atoms with E-state index < -0.39 is 0 Å². The summed E-state index contributed by atoms with van der Waals surface area (Å²) in [6.45, 7) is 7.49. The first kappa shape index (κ1) is 17.3. The van der Waals surface area contributed by atoms with Gasteiger partial charge in [-0.25, -0.2) is 4.99 Å². The standard InChI is InChI=1S/C15H18ClN5O/c1-3-13(22-11-7-5-4-6-8-11)12(10(2)16)9-20-15(19)21-14(17)18/h3-8H,1-2,9H2,(H6,17,18,19,20,21)/b13-12+. The van der Waals surface area contributed by atoms with Gasteiger partial charge >= 0.3 is 0 Å². The van der Waals surface area contributed by atoms with Crippen LogP contribution in [0.2, 0.25) is 0 Å². The molecule has 116 valence electrons. The van der Waals surface area contributed by atoms with Crippen LogP contribution in [0.5, 0.6) is 5.75 Å². The van der Waals surface area contributed by atoms with E-state index in [0.717, 1.165) is 0 Å². The largest absolute Gasteiger partial charge is 0.457 e. The summed E-state index contributed by atoms with van der Waals surface area (Å²) in [7, 11) is 0. The summed E-state index contributed by atoms with van der Waals surface area (Å²) in [6.07, 6.45) is 1.52. The van der Waals surface area contributed by atoms with E-state index in [4.69, 9.17) is 33.5 Å². The zero-order chi connectivity index (χ0) is 16.5. The molecule has 1 aromatic carbocycles. The molecule has 0 aliphatic rings. The van der Waals surface area contributed by atoms with Crippen molar-refractivity contribution in [2.24, 2.45) is 27.2 Å². The fourth-order valence-corrected chi connectivity index (χ4v) is 1.62. The third-order valence-electron chi connectivity index (χ3n) is 2.42. The normalized spacial score (nSPS) is 12.1. The number of nitrogens with two attached hydrogens (primary N) is 3. The van der Waals surface area contributed by atoms with E-state index in [9.17, 15) is 0 Å². The molecule has 0 aliphatic heterocycles. The number of benzene rings is 1. The lowest BCUT2D eigenvalue weighted by Gasteiger charge is -2.11. The molecule has 22 heavy (non-hydrogen) atoms. The maximum atomic E-state index is 6.00. The number of halogens is 1. The Morgan fingerprint density at radius 1 is 1.23 bits per heavy atom. The topological polar surface area (TPSA) is 112 Å². The highest BCUT2D eigenvalue weighted by molar-refractivity contribution is 6.31. The minimum absolute atomic E-state index is 0.0708. The van der Waals surface area contributed by atoms with Gasteiger partial charge in [-0.05, 0) is 18.2 Å². The van der Waals surface area contributed by atoms with Gasteiger partial charge in [-0.1, -0.05) is 43.0 Å². The number of hydrogen-bond donors (Lipinski definition) is 3. The van der Waals surface area contributed by atoms with Crippen LogP contribution in [-0.4, -0.2) is 18.5 Å². The van der Waals surface area contributed by atoms with E-state index >= 15 is 0 Å². The number of ether oxygens (including phenoxy) is 1. The van der Waals surface area contributed by atoms with Gasteiger partial charge in [0.15, 0.2) is 5.96 Å². The van der Waals surface area contributed by atoms with E-state index in [1.165, 1.54) is 6.08 Å². The van der Waals surface area contributed by atoms with Crippen molar-refractivity contribution >= 4 is 23.5 Å². The Hall–Kier alpha value is -2.73. The van der Waals surface area contributed by atoms with Crippen molar-refractivity contribution in [1.29, 1.82) is 0 Å². The molecule has 0 aromatic heterocycles. The average Bonchev–Trinajstić information content (AvgIpc) is 2.46. The molecule has 0 saturated carbocycles. The summed E-state index contributed by atoms with van der Waals surface area (Å²) in [6, 6.07) is 9.18. The molecule has 1 aromatic rings. The highest BCUT2D eigenvalue weighted by Crippen LogP contribution is 2.22. The van der Waals surface area contributed by atoms with Gasteiger partial charge < -0.3 is 21.9 Å². The van der Waals surface area contributed by atoms with Crippen molar-refractivity contribution in [3.05, 3.63) is 65.9 Å². The molecule has 0 aliphatic carbocycles. The third kappa shape index (κ3) is 5.72. The molecular weight excluding hydrogens is 302 g/mol. The predicted molar refractivity (Wildman–Crippen MR) is 91.6 cm³/mol. The van der Waals surface area contributed by atoms with Gasteiger partial charge in [-0.2, -0.15) is 4.99 Å². The first-order chi connectivity index (χ1) is 10.4. The van der Waals surface area contributed by atoms with E-state index in [0.29, 0.717) is 17.1 Å². The number of aliphatic imine (C=N–C) groups is 2. The number of allylic oxidation sites excluding steroid dienone is 1. The average molecular weight is 320 g/mol. The monoisotopic (exact) mass is 319 g/mol. The smallest absolute Gasteiger partial charge is 0.218 e. The van der Waals surface area contributed by atoms with Crippen LogP contribution in [0.25, 0.3) is 0 Å². The van der Waals surface area contributed by atoms with Crippen molar-refractivity contribution in [3.8, 4) is 5.75 Å². The molecule has 0 saturated heterocycles. The molecule has 0 spiro atoms. The molecule has 1 rings (SSSR count). The lowest BCUT2D eigenvalue weighted by molar-refractivity contribution is 0.439. The summed E-state index contributed by atoms with van der Waals surface area (Å²) >= 11 is 6.00. The Morgan fingerprint density at radius 2 is 1.86 bits per heavy atom. The Bertz CT molecular complexity index is 631. The Morgan fingerprint density at radius 3 is 2.36 bits per heavy atom. The number of nitrogens with zero attached hydrogens (tertiary/aromatic N) is 2. The first-order valence-electron chi connectivity index (χ1n) is 6.27. The SMILES string of the molecule is C=C/C(Oc1ccccc1)=C(/CN=C(N)N=C(N)N)C(=C)Cl. The molecule has 0 fully saturated rings. The Kier molecular flexibility index (Phi) is 6.72. The third-order valence-corrected chi connectivity index (χ3v) is 2.65. The zero-order valence-electron chi connectivity index (χ0n) is 12.0. The molecule has 0 amide bonds. The summed E-state index contributed by atoms with van der Waals surface area (Å²) in [4.78, 5) is 7.63. The molecule has 6 nitrogen and oxygen atoms in total. The second kappa shape index (κ2) is 8.53. The van der Waals surface area contributed by atoms with Crippen molar-refractivity contribution in [1.82, 2.24) is 0 Å². The Balaban J connectivity index is 3.06. The van der Waals surface area contributed by atoms with Crippen LogP contribution in [-0.2, 0) is 0 Å². The second-order valence-corrected chi connectivity index (χ2v) is 4.53.